The molecule has 0 amide bonds. The SMILES string of the molecule is Cc1nn(Cn2ncc(C(=O)O)c2C)cc1C(=O)O. The molecule has 2 heterocycles. The second-order valence-corrected chi connectivity index (χ2v) is 4.06. The second kappa shape index (κ2) is 4.56. The lowest BCUT2D eigenvalue weighted by atomic mass is 10.3. The van der Waals surface area contributed by atoms with E-state index >= 15 is 0 Å². The normalized spacial score (nSPS) is 10.6. The van der Waals surface area contributed by atoms with Gasteiger partial charge in [-0.25, -0.2) is 19.0 Å². The van der Waals surface area contributed by atoms with Crippen LogP contribution in [0.25, 0.3) is 0 Å². The van der Waals surface area contributed by atoms with E-state index in [0.29, 0.717) is 11.4 Å². The molecule has 0 atom stereocenters. The number of rotatable bonds is 4. The lowest BCUT2D eigenvalue weighted by molar-refractivity contribution is 0.0685. The molecule has 8 heteroatoms. The molecule has 0 aliphatic carbocycles. The Morgan fingerprint density at radius 1 is 1.21 bits per heavy atom. The van der Waals surface area contributed by atoms with Crippen LogP contribution >= 0.6 is 0 Å². The maximum absolute atomic E-state index is 10.9. The quantitative estimate of drug-likeness (QED) is 0.836. The van der Waals surface area contributed by atoms with Crippen LogP contribution in [0.5, 0.6) is 0 Å². The van der Waals surface area contributed by atoms with Gasteiger partial charge >= 0.3 is 11.9 Å². The van der Waals surface area contributed by atoms with E-state index in [4.69, 9.17) is 10.2 Å². The zero-order valence-corrected chi connectivity index (χ0v) is 10.4. The second-order valence-electron chi connectivity index (χ2n) is 4.06. The number of aryl methyl sites for hydroxylation is 1. The Labute approximate surface area is 107 Å². The highest BCUT2D eigenvalue weighted by Gasteiger charge is 2.15. The van der Waals surface area contributed by atoms with E-state index in [-0.39, 0.29) is 17.8 Å². The van der Waals surface area contributed by atoms with Gasteiger partial charge in [0.05, 0.1) is 17.6 Å². The van der Waals surface area contributed by atoms with Crippen LogP contribution in [0.15, 0.2) is 12.4 Å². The molecule has 0 spiro atoms. The van der Waals surface area contributed by atoms with Gasteiger partial charge in [0.2, 0.25) is 0 Å². The van der Waals surface area contributed by atoms with Crippen molar-refractivity contribution in [3.63, 3.8) is 0 Å². The number of carbonyl (C=O) groups is 2. The van der Waals surface area contributed by atoms with Gasteiger partial charge in [0.25, 0.3) is 0 Å². The molecule has 2 aromatic heterocycles. The summed E-state index contributed by atoms with van der Waals surface area (Å²) in [5.74, 6) is -2.10. The van der Waals surface area contributed by atoms with Crippen LogP contribution in [-0.4, -0.2) is 41.7 Å². The minimum absolute atomic E-state index is 0.113. The van der Waals surface area contributed by atoms with Crippen molar-refractivity contribution in [3.8, 4) is 0 Å². The first kappa shape index (κ1) is 12.8. The molecule has 2 rings (SSSR count). The molecule has 0 saturated heterocycles. The summed E-state index contributed by atoms with van der Waals surface area (Å²) in [7, 11) is 0. The van der Waals surface area contributed by atoms with Crippen LogP contribution < -0.4 is 0 Å². The van der Waals surface area contributed by atoms with Gasteiger partial charge in [-0.2, -0.15) is 10.2 Å². The molecule has 0 bridgehead atoms. The fraction of sp³-hybridized carbons (Fsp3) is 0.273. The molecule has 100 valence electrons. The van der Waals surface area contributed by atoms with Crippen LogP contribution in [0.1, 0.15) is 32.1 Å². The molecule has 0 unspecified atom stereocenters. The molecule has 19 heavy (non-hydrogen) atoms. The Morgan fingerprint density at radius 2 is 1.84 bits per heavy atom. The molecule has 0 radical (unpaired) electrons. The first-order valence-electron chi connectivity index (χ1n) is 5.43. The van der Waals surface area contributed by atoms with Crippen LogP contribution in [0.4, 0.5) is 0 Å². The summed E-state index contributed by atoms with van der Waals surface area (Å²) in [5.41, 5.74) is 1.11. The molecular formula is C11H12N4O4. The van der Waals surface area contributed by atoms with Gasteiger partial charge in [0, 0.05) is 6.20 Å². The Bertz CT molecular complexity index is 656. The van der Waals surface area contributed by atoms with E-state index in [9.17, 15) is 9.59 Å². The monoisotopic (exact) mass is 264 g/mol. The topological polar surface area (TPSA) is 110 Å². The summed E-state index contributed by atoms with van der Waals surface area (Å²) in [6.07, 6.45) is 2.64. The Hall–Kier alpha value is -2.64. The first-order valence-corrected chi connectivity index (χ1v) is 5.43. The highest BCUT2D eigenvalue weighted by molar-refractivity contribution is 5.89. The van der Waals surface area contributed by atoms with Crippen LogP contribution in [0.2, 0.25) is 0 Å². The number of carboxylic acids is 2. The van der Waals surface area contributed by atoms with Gasteiger partial charge in [-0.3, -0.25) is 0 Å². The molecule has 0 aromatic carbocycles. The summed E-state index contributed by atoms with van der Waals surface area (Å²) in [6, 6.07) is 0. The van der Waals surface area contributed by atoms with Crippen molar-refractivity contribution in [2.45, 2.75) is 20.5 Å². The zero-order valence-electron chi connectivity index (χ0n) is 10.4. The van der Waals surface area contributed by atoms with Gasteiger partial charge in [-0.15, -0.1) is 0 Å². The minimum atomic E-state index is -1.05. The lowest BCUT2D eigenvalue weighted by Crippen LogP contribution is -2.12. The molecule has 2 N–H and O–H groups in total. The highest BCUT2D eigenvalue weighted by atomic mass is 16.4. The summed E-state index contributed by atoms with van der Waals surface area (Å²) < 4.78 is 2.85. The third-order valence-corrected chi connectivity index (χ3v) is 2.79. The van der Waals surface area contributed by atoms with E-state index in [0.717, 1.165) is 0 Å². The summed E-state index contributed by atoms with van der Waals surface area (Å²) in [6.45, 7) is 3.39. The first-order chi connectivity index (χ1) is 8.90. The Morgan fingerprint density at radius 3 is 2.32 bits per heavy atom. The lowest BCUT2D eigenvalue weighted by Gasteiger charge is -2.04. The molecule has 0 aliphatic heterocycles. The van der Waals surface area contributed by atoms with Crippen molar-refractivity contribution in [1.82, 2.24) is 19.6 Å². The van der Waals surface area contributed by atoms with Crippen molar-refractivity contribution in [1.29, 1.82) is 0 Å². The summed E-state index contributed by atoms with van der Waals surface area (Å²) in [5, 5.41) is 25.8. The smallest absolute Gasteiger partial charge is 0.339 e. The van der Waals surface area contributed by atoms with Crippen molar-refractivity contribution in [2.75, 3.05) is 0 Å². The molecule has 0 saturated carbocycles. The maximum atomic E-state index is 10.9. The zero-order chi connectivity index (χ0) is 14.2. The van der Waals surface area contributed by atoms with Gasteiger partial charge < -0.3 is 10.2 Å². The largest absolute Gasteiger partial charge is 0.478 e. The number of carboxylic acid groups (broad SMARTS) is 2. The fourth-order valence-electron chi connectivity index (χ4n) is 1.74. The van der Waals surface area contributed by atoms with Crippen molar-refractivity contribution in [2.24, 2.45) is 0 Å². The minimum Gasteiger partial charge on any atom is -0.478 e. The number of hydrogen-bond acceptors (Lipinski definition) is 4. The number of aromatic carboxylic acids is 2. The maximum Gasteiger partial charge on any atom is 0.339 e. The predicted molar refractivity (Wildman–Crippen MR) is 63.2 cm³/mol. The molecule has 8 nitrogen and oxygen atoms in total. The van der Waals surface area contributed by atoms with E-state index < -0.39 is 11.9 Å². The average Bonchev–Trinajstić information content (AvgIpc) is 2.84. The van der Waals surface area contributed by atoms with Crippen molar-refractivity contribution < 1.29 is 19.8 Å². The average molecular weight is 264 g/mol. The summed E-state index contributed by atoms with van der Waals surface area (Å²) in [4.78, 5) is 21.8. The number of aromatic nitrogens is 4. The third-order valence-electron chi connectivity index (χ3n) is 2.79. The van der Waals surface area contributed by atoms with Crippen LogP contribution in [-0.2, 0) is 6.67 Å². The highest BCUT2D eigenvalue weighted by Crippen LogP contribution is 2.09. The predicted octanol–water partition coefficient (Wildman–Crippen LogP) is 0.599. The van der Waals surface area contributed by atoms with Crippen LogP contribution in [0.3, 0.4) is 0 Å². The van der Waals surface area contributed by atoms with Gasteiger partial charge in [0.1, 0.15) is 17.8 Å². The Balaban J connectivity index is 2.29. The van der Waals surface area contributed by atoms with Crippen LogP contribution in [0, 0.1) is 13.8 Å². The molecule has 2 aromatic rings. The van der Waals surface area contributed by atoms with Gasteiger partial charge in [-0.1, -0.05) is 0 Å². The third kappa shape index (κ3) is 2.32. The summed E-state index contributed by atoms with van der Waals surface area (Å²) >= 11 is 0. The number of nitrogens with zero attached hydrogens (tertiary/aromatic N) is 4. The van der Waals surface area contributed by atoms with E-state index in [2.05, 4.69) is 10.2 Å². The van der Waals surface area contributed by atoms with E-state index in [1.54, 1.807) is 13.8 Å². The van der Waals surface area contributed by atoms with Gasteiger partial charge in [0.15, 0.2) is 0 Å². The van der Waals surface area contributed by atoms with Crippen molar-refractivity contribution in [3.05, 3.63) is 34.9 Å². The van der Waals surface area contributed by atoms with Gasteiger partial charge in [-0.05, 0) is 13.8 Å². The van der Waals surface area contributed by atoms with E-state index in [1.807, 2.05) is 0 Å². The Kier molecular flexibility index (Phi) is 3.07. The molecule has 0 aliphatic rings. The standard InChI is InChI=1S/C11H12N4O4/c1-6-9(11(18)19)4-14(13-6)5-15-7(2)8(3-12-15)10(16)17/h3-4H,5H2,1-2H3,(H,16,17)(H,18,19). The van der Waals surface area contributed by atoms with E-state index in [1.165, 1.54) is 21.8 Å². The fourth-order valence-corrected chi connectivity index (χ4v) is 1.74. The molecular weight excluding hydrogens is 252 g/mol. The number of hydrogen-bond donors (Lipinski definition) is 2. The van der Waals surface area contributed by atoms with Crippen molar-refractivity contribution >= 4 is 11.9 Å². The molecule has 0 fully saturated rings.